The first-order chi connectivity index (χ1) is 10.1. The van der Waals surface area contributed by atoms with Crippen LogP contribution in [0.5, 0.6) is 5.88 Å². The van der Waals surface area contributed by atoms with E-state index in [-0.39, 0.29) is 5.88 Å². The lowest BCUT2D eigenvalue weighted by atomic mass is 10.1. The zero-order valence-corrected chi connectivity index (χ0v) is 12.3. The number of pyridine rings is 1. The number of esters is 1. The van der Waals surface area contributed by atoms with Gasteiger partial charge in [0.2, 0.25) is 5.88 Å². The minimum absolute atomic E-state index is 0.246. The van der Waals surface area contributed by atoms with E-state index in [1.54, 1.807) is 12.1 Å². The highest BCUT2D eigenvalue weighted by Crippen LogP contribution is 2.19. The lowest BCUT2D eigenvalue weighted by Gasteiger charge is -2.10. The van der Waals surface area contributed by atoms with Crippen molar-refractivity contribution < 1.29 is 14.3 Å². The topological polar surface area (TPSA) is 60.5 Å². The number of aryl methyl sites for hydroxylation is 1. The molecule has 2 rings (SSSR count). The molecule has 21 heavy (non-hydrogen) atoms. The minimum Gasteiger partial charge on any atom is -0.480 e. The first-order valence-corrected chi connectivity index (χ1v) is 6.57. The van der Waals surface area contributed by atoms with E-state index in [4.69, 9.17) is 4.74 Å². The van der Waals surface area contributed by atoms with Gasteiger partial charge in [0.25, 0.3) is 0 Å². The number of hydrogen-bond donors (Lipinski definition) is 1. The van der Waals surface area contributed by atoms with E-state index in [1.807, 2.05) is 0 Å². The Labute approximate surface area is 123 Å². The Morgan fingerprint density at radius 2 is 1.86 bits per heavy atom. The number of carbonyl (C=O) groups is 1. The van der Waals surface area contributed by atoms with Crippen LogP contribution in [0.4, 0.5) is 5.82 Å². The molecule has 1 heterocycles. The molecule has 0 fully saturated rings. The molecule has 0 aliphatic heterocycles. The fourth-order valence-corrected chi connectivity index (χ4v) is 1.86. The number of methoxy groups -OCH3 is 2. The van der Waals surface area contributed by atoms with Crippen LogP contribution >= 0.6 is 0 Å². The number of hydrogen-bond acceptors (Lipinski definition) is 5. The summed E-state index contributed by atoms with van der Waals surface area (Å²) < 4.78 is 9.80. The molecule has 0 saturated heterocycles. The smallest absolute Gasteiger partial charge is 0.343 e. The molecule has 5 heteroatoms. The van der Waals surface area contributed by atoms with Crippen molar-refractivity contribution in [1.82, 2.24) is 4.98 Å². The van der Waals surface area contributed by atoms with Crippen LogP contribution in [-0.2, 0) is 11.3 Å². The summed E-state index contributed by atoms with van der Waals surface area (Å²) in [7, 11) is 2.80. The molecule has 0 radical (unpaired) electrons. The van der Waals surface area contributed by atoms with Gasteiger partial charge >= 0.3 is 5.97 Å². The summed E-state index contributed by atoms with van der Waals surface area (Å²) in [5, 5.41) is 3.20. The maximum atomic E-state index is 11.6. The Hall–Kier alpha value is -2.56. The van der Waals surface area contributed by atoms with Crippen molar-refractivity contribution in [2.45, 2.75) is 13.5 Å². The zero-order chi connectivity index (χ0) is 15.2. The lowest BCUT2D eigenvalue weighted by molar-refractivity contribution is 0.0596. The predicted octanol–water partition coefficient (Wildman–Crippen LogP) is 2.80. The lowest BCUT2D eigenvalue weighted by Crippen LogP contribution is -2.08. The number of nitrogens with zero attached hydrogens (tertiary/aromatic N) is 1. The molecule has 0 unspecified atom stereocenters. The molecule has 1 aromatic heterocycles. The number of anilines is 1. The number of aromatic nitrogens is 1. The number of nitrogens with one attached hydrogen (secondary N) is 1. The number of benzene rings is 1. The minimum atomic E-state index is -0.468. The van der Waals surface area contributed by atoms with Crippen molar-refractivity contribution in [3.63, 3.8) is 0 Å². The van der Waals surface area contributed by atoms with Crippen molar-refractivity contribution in [1.29, 1.82) is 0 Å². The first-order valence-electron chi connectivity index (χ1n) is 6.57. The van der Waals surface area contributed by atoms with Crippen molar-refractivity contribution in [3.8, 4) is 5.88 Å². The van der Waals surface area contributed by atoms with Gasteiger partial charge in [-0.1, -0.05) is 29.8 Å². The standard InChI is InChI=1S/C16H18N2O3/c1-11-4-6-12(7-5-11)10-17-14-9-8-13(16(19)21-3)15(18-14)20-2/h4-9H,10H2,1-3H3,(H,17,18). The second-order valence-corrected chi connectivity index (χ2v) is 4.58. The third kappa shape index (κ3) is 3.72. The predicted molar refractivity (Wildman–Crippen MR) is 80.6 cm³/mol. The van der Waals surface area contributed by atoms with Crippen molar-refractivity contribution >= 4 is 11.8 Å². The number of carbonyl (C=O) groups excluding carboxylic acids is 1. The molecule has 0 spiro atoms. The Balaban J connectivity index is 2.10. The van der Waals surface area contributed by atoms with Crippen molar-refractivity contribution in [2.24, 2.45) is 0 Å². The number of rotatable bonds is 5. The van der Waals surface area contributed by atoms with E-state index >= 15 is 0 Å². The molecule has 0 bridgehead atoms. The maximum absolute atomic E-state index is 11.6. The molecule has 0 amide bonds. The third-order valence-electron chi connectivity index (χ3n) is 3.05. The van der Waals surface area contributed by atoms with Crippen LogP contribution < -0.4 is 10.1 Å². The van der Waals surface area contributed by atoms with Crippen LogP contribution in [-0.4, -0.2) is 25.2 Å². The fourth-order valence-electron chi connectivity index (χ4n) is 1.86. The summed E-state index contributed by atoms with van der Waals surface area (Å²) in [5.41, 5.74) is 2.68. The van der Waals surface area contributed by atoms with Crippen LogP contribution in [0, 0.1) is 6.92 Å². The van der Waals surface area contributed by atoms with Crippen LogP contribution in [0.3, 0.4) is 0 Å². The molecule has 0 saturated carbocycles. The molecule has 1 N–H and O–H groups in total. The summed E-state index contributed by atoms with van der Waals surface area (Å²) in [4.78, 5) is 15.8. The molecule has 0 atom stereocenters. The molecule has 2 aromatic rings. The van der Waals surface area contributed by atoms with Crippen LogP contribution in [0.1, 0.15) is 21.5 Å². The summed E-state index contributed by atoms with van der Waals surface area (Å²) in [6.07, 6.45) is 0. The Morgan fingerprint density at radius 1 is 1.14 bits per heavy atom. The van der Waals surface area contributed by atoms with Gasteiger partial charge in [0.05, 0.1) is 14.2 Å². The zero-order valence-electron chi connectivity index (χ0n) is 12.3. The summed E-state index contributed by atoms with van der Waals surface area (Å²) in [6, 6.07) is 11.6. The van der Waals surface area contributed by atoms with E-state index in [1.165, 1.54) is 19.8 Å². The normalized spacial score (nSPS) is 10.0. The first kappa shape index (κ1) is 14.8. The van der Waals surface area contributed by atoms with E-state index in [9.17, 15) is 4.79 Å². The quantitative estimate of drug-likeness (QED) is 0.856. The molecule has 110 valence electrons. The summed E-state index contributed by atoms with van der Waals surface area (Å²) in [6.45, 7) is 2.70. The number of ether oxygens (including phenoxy) is 2. The monoisotopic (exact) mass is 286 g/mol. The van der Waals surface area contributed by atoms with Gasteiger partial charge < -0.3 is 14.8 Å². The van der Waals surface area contributed by atoms with Gasteiger partial charge in [-0.05, 0) is 24.6 Å². The van der Waals surface area contributed by atoms with E-state index in [2.05, 4.69) is 46.2 Å². The third-order valence-corrected chi connectivity index (χ3v) is 3.05. The summed E-state index contributed by atoms with van der Waals surface area (Å²) in [5.74, 6) is 0.417. The fraction of sp³-hybridized carbons (Fsp3) is 0.250. The van der Waals surface area contributed by atoms with Gasteiger partial charge in [-0.15, -0.1) is 0 Å². The Morgan fingerprint density at radius 3 is 2.48 bits per heavy atom. The maximum Gasteiger partial charge on any atom is 0.343 e. The van der Waals surface area contributed by atoms with Gasteiger partial charge in [-0.3, -0.25) is 0 Å². The average Bonchev–Trinajstić information content (AvgIpc) is 2.53. The van der Waals surface area contributed by atoms with Gasteiger partial charge in [-0.2, -0.15) is 4.98 Å². The molecule has 5 nitrogen and oxygen atoms in total. The van der Waals surface area contributed by atoms with Gasteiger partial charge in [0.1, 0.15) is 11.4 Å². The second kappa shape index (κ2) is 6.74. The molecular formula is C16H18N2O3. The second-order valence-electron chi connectivity index (χ2n) is 4.58. The van der Waals surface area contributed by atoms with Crippen molar-refractivity contribution in [2.75, 3.05) is 19.5 Å². The van der Waals surface area contributed by atoms with E-state index in [0.717, 1.165) is 5.56 Å². The van der Waals surface area contributed by atoms with E-state index < -0.39 is 5.97 Å². The SMILES string of the molecule is COC(=O)c1ccc(NCc2ccc(C)cc2)nc1OC. The summed E-state index contributed by atoms with van der Waals surface area (Å²) >= 11 is 0. The van der Waals surface area contributed by atoms with Crippen molar-refractivity contribution in [3.05, 3.63) is 53.1 Å². The van der Waals surface area contributed by atoms with Gasteiger partial charge in [0.15, 0.2) is 0 Å². The highest BCUT2D eigenvalue weighted by molar-refractivity contribution is 5.92. The van der Waals surface area contributed by atoms with Gasteiger partial charge in [-0.25, -0.2) is 4.79 Å². The van der Waals surface area contributed by atoms with Crippen LogP contribution in [0.15, 0.2) is 36.4 Å². The molecular weight excluding hydrogens is 268 g/mol. The molecule has 0 aliphatic rings. The van der Waals surface area contributed by atoms with Crippen LogP contribution in [0.2, 0.25) is 0 Å². The van der Waals surface area contributed by atoms with Gasteiger partial charge in [0, 0.05) is 6.54 Å². The largest absolute Gasteiger partial charge is 0.480 e. The highest BCUT2D eigenvalue weighted by atomic mass is 16.5. The Bertz CT molecular complexity index is 624. The Kier molecular flexibility index (Phi) is 4.77. The molecule has 1 aromatic carbocycles. The average molecular weight is 286 g/mol. The highest BCUT2D eigenvalue weighted by Gasteiger charge is 2.14. The molecule has 0 aliphatic carbocycles. The van der Waals surface area contributed by atoms with E-state index in [0.29, 0.717) is 17.9 Å². The van der Waals surface area contributed by atoms with Crippen LogP contribution in [0.25, 0.3) is 0 Å².